The van der Waals surface area contributed by atoms with Gasteiger partial charge in [0, 0.05) is 17.8 Å². The maximum absolute atomic E-state index is 15.1. The molecule has 0 unspecified atom stereocenters. The van der Waals surface area contributed by atoms with E-state index < -0.39 is 53.5 Å². The lowest BCUT2D eigenvalue weighted by Gasteiger charge is -2.37. The molecule has 61 heavy (non-hydrogen) atoms. The van der Waals surface area contributed by atoms with E-state index in [1.165, 1.54) is 24.5 Å². The summed E-state index contributed by atoms with van der Waals surface area (Å²) < 4.78 is 97.0. The Bertz CT molecular complexity index is 2510. The Kier molecular flexibility index (Phi) is 12.4. The van der Waals surface area contributed by atoms with Crippen molar-refractivity contribution >= 4 is 23.7 Å². The van der Waals surface area contributed by atoms with Crippen molar-refractivity contribution in [3.8, 4) is 22.6 Å². The lowest BCUT2D eigenvalue weighted by molar-refractivity contribution is 0.0566. The van der Waals surface area contributed by atoms with Crippen LogP contribution in [0.2, 0.25) is 5.02 Å². The van der Waals surface area contributed by atoms with Gasteiger partial charge in [-0.25, -0.2) is 41.7 Å². The molecule has 0 spiro atoms. The van der Waals surface area contributed by atoms with Crippen LogP contribution in [0.1, 0.15) is 68.7 Å². The number of amides is 1. The zero-order chi connectivity index (χ0) is 43.5. The molecule has 4 aromatic carbocycles. The van der Waals surface area contributed by atoms with Crippen molar-refractivity contribution in [1.82, 2.24) is 34.8 Å². The van der Waals surface area contributed by atoms with Crippen molar-refractivity contribution in [3.63, 3.8) is 0 Å². The van der Waals surface area contributed by atoms with Crippen LogP contribution in [-0.2, 0) is 16.9 Å². The van der Waals surface area contributed by atoms with Crippen molar-refractivity contribution in [2.75, 3.05) is 13.2 Å². The van der Waals surface area contributed by atoms with Crippen LogP contribution in [0, 0.1) is 17.0 Å². The number of aliphatic imine (C=N–C) groups is 1. The van der Waals surface area contributed by atoms with Crippen LogP contribution in [0.25, 0.3) is 16.8 Å². The fourth-order valence-corrected chi connectivity index (χ4v) is 7.47. The highest BCUT2D eigenvalue weighted by molar-refractivity contribution is 6.32. The Labute approximate surface area is 351 Å². The first-order valence-corrected chi connectivity index (χ1v) is 19.3. The first kappa shape index (κ1) is 42.8. The number of carbonyl (C=O) groups excluding carboxylic acids is 1. The minimum atomic E-state index is -3.00. The molecule has 2 atom stereocenters. The molecule has 0 fully saturated rings. The van der Waals surface area contributed by atoms with Gasteiger partial charge in [0.1, 0.15) is 30.9 Å². The summed E-state index contributed by atoms with van der Waals surface area (Å²) in [6, 6.07) is 22.6. The molecule has 0 saturated heterocycles. The molecule has 7 rings (SSSR count). The van der Waals surface area contributed by atoms with E-state index >= 15 is 4.39 Å². The molecule has 2 aromatic heterocycles. The third kappa shape index (κ3) is 9.83. The quantitative estimate of drug-likeness (QED) is 0.115. The van der Waals surface area contributed by atoms with Gasteiger partial charge in [-0.15, -0.1) is 0 Å². The molecular weight excluding hydrogens is 826 g/mol. The van der Waals surface area contributed by atoms with Gasteiger partial charge in [0.15, 0.2) is 17.4 Å². The number of rotatable bonds is 13. The molecular formula is C43H39ClF6N8O3. The number of aromatic nitrogens is 5. The fraction of sp³-hybridized carbons (Fsp3) is 0.279. The minimum Gasteiger partial charge on any atom is -0.488 e. The van der Waals surface area contributed by atoms with Gasteiger partial charge >= 0.3 is 12.6 Å². The van der Waals surface area contributed by atoms with Gasteiger partial charge in [-0.2, -0.15) is 19.0 Å². The number of carbonyl (C=O) groups is 1. The fourth-order valence-electron chi connectivity index (χ4n) is 7.28. The minimum absolute atomic E-state index is 0.0308. The number of alkyl halides is 4. The van der Waals surface area contributed by atoms with Crippen molar-refractivity contribution in [1.29, 1.82) is 0 Å². The van der Waals surface area contributed by atoms with Crippen molar-refractivity contribution in [3.05, 3.63) is 149 Å². The second kappa shape index (κ2) is 17.7. The molecule has 0 aliphatic carbocycles. The second-order valence-electron chi connectivity index (χ2n) is 15.5. The molecule has 0 saturated carbocycles. The first-order chi connectivity index (χ1) is 29.1. The average molecular weight is 865 g/mol. The smallest absolute Gasteiger partial charge is 0.414 e. The predicted molar refractivity (Wildman–Crippen MR) is 214 cm³/mol. The summed E-state index contributed by atoms with van der Waals surface area (Å²) in [5.41, 5.74) is 1.41. The highest BCUT2D eigenvalue weighted by Gasteiger charge is 2.47. The van der Waals surface area contributed by atoms with E-state index in [9.17, 15) is 26.7 Å². The molecule has 0 radical (unpaired) electrons. The highest BCUT2D eigenvalue weighted by Crippen LogP contribution is 2.45. The van der Waals surface area contributed by atoms with Gasteiger partial charge in [-0.1, -0.05) is 93.0 Å². The van der Waals surface area contributed by atoms with E-state index in [4.69, 9.17) is 26.1 Å². The van der Waals surface area contributed by atoms with E-state index in [-0.39, 0.29) is 42.2 Å². The van der Waals surface area contributed by atoms with Gasteiger partial charge in [0.05, 0.1) is 29.5 Å². The van der Waals surface area contributed by atoms with Crippen LogP contribution in [0.3, 0.4) is 0 Å². The summed E-state index contributed by atoms with van der Waals surface area (Å²) in [4.78, 5) is 24.3. The summed E-state index contributed by atoms with van der Waals surface area (Å²) in [7, 11) is 0. The molecule has 1 N–H and O–H groups in total. The topological polar surface area (TPSA) is 112 Å². The third-order valence-corrected chi connectivity index (χ3v) is 10.2. The first-order valence-electron chi connectivity index (χ1n) is 18.9. The van der Waals surface area contributed by atoms with Crippen LogP contribution in [0.5, 0.6) is 5.75 Å². The highest BCUT2D eigenvalue weighted by atomic mass is 35.5. The maximum Gasteiger partial charge on any atom is 0.414 e. The van der Waals surface area contributed by atoms with Crippen molar-refractivity contribution in [2.45, 2.75) is 58.4 Å². The van der Waals surface area contributed by atoms with Crippen LogP contribution in [-0.4, -0.2) is 54.6 Å². The Morgan fingerprint density at radius 3 is 2.36 bits per heavy atom. The van der Waals surface area contributed by atoms with Gasteiger partial charge in [-0.05, 0) is 58.4 Å². The van der Waals surface area contributed by atoms with Gasteiger partial charge in [0.2, 0.25) is 5.96 Å². The average Bonchev–Trinajstić information content (AvgIpc) is 3.99. The summed E-state index contributed by atoms with van der Waals surface area (Å²) in [6.45, 7) is 2.88. The van der Waals surface area contributed by atoms with E-state index in [1.54, 1.807) is 47.4 Å². The van der Waals surface area contributed by atoms with E-state index in [0.29, 0.717) is 39.4 Å². The maximum atomic E-state index is 15.1. The number of halogens is 7. The van der Waals surface area contributed by atoms with E-state index in [0.717, 1.165) is 28.7 Å². The van der Waals surface area contributed by atoms with Crippen LogP contribution >= 0.6 is 11.6 Å². The van der Waals surface area contributed by atoms with Crippen LogP contribution in [0.4, 0.5) is 31.1 Å². The lowest BCUT2D eigenvalue weighted by Crippen LogP contribution is -2.46. The Hall–Kier alpha value is -6.36. The number of nitrogens with one attached hydrogen (secondary N) is 1. The van der Waals surface area contributed by atoms with Crippen LogP contribution in [0.15, 0.2) is 115 Å². The van der Waals surface area contributed by atoms with Crippen LogP contribution < -0.4 is 10.1 Å². The molecule has 318 valence electrons. The number of ether oxygens (including phenoxy) is 2. The number of hydrogen-bond acceptors (Lipinski definition) is 8. The molecule has 11 nitrogen and oxygen atoms in total. The molecule has 0 bridgehead atoms. The Morgan fingerprint density at radius 2 is 1.69 bits per heavy atom. The molecule has 18 heteroatoms. The summed E-state index contributed by atoms with van der Waals surface area (Å²) in [5, 5.41) is 10.6. The number of guanidine groups is 1. The van der Waals surface area contributed by atoms with Gasteiger partial charge < -0.3 is 14.4 Å². The molecule has 1 aliphatic heterocycles. The van der Waals surface area contributed by atoms with Gasteiger partial charge in [-0.3, -0.25) is 5.32 Å². The third-order valence-electron chi connectivity index (χ3n) is 9.85. The zero-order valence-electron chi connectivity index (χ0n) is 33.0. The normalized spacial score (nSPS) is 15.9. The molecule has 1 amide bonds. The van der Waals surface area contributed by atoms with Crippen molar-refractivity contribution < 1.29 is 40.6 Å². The summed E-state index contributed by atoms with van der Waals surface area (Å²) in [5.74, 6) is -2.71. The van der Waals surface area contributed by atoms with Gasteiger partial charge in [0.25, 0.3) is 6.43 Å². The number of nitrogens with zero attached hydrogens (tertiary/aromatic N) is 7. The number of benzene rings is 4. The SMILES string of the molecule is CC(C)(C)C[C@@]1(c2ccc(-c3cnn(C(F)F)c3)cc2)CN([C@H](COc2ccc(F)cc2F)c2ccc(Cl)c(-n3ncnc3C(F)F)c2)C(NC(=O)OCc2ccccc2)=N1. The van der Waals surface area contributed by atoms with E-state index in [2.05, 4.69) is 20.5 Å². The molecule has 3 heterocycles. The standard InChI is InChI=1S/C43H39ClF6N8O3/c1-42(2,3)23-43(30-12-9-27(10-13-30)29-19-52-57(20-29)39(49)50)24-56(40(55-43)54-41(59)61-21-26-7-5-4-6-8-26)35(22-60-36-16-14-31(45)18-33(36)46)28-11-15-32(44)34(17-28)58-38(37(47)48)51-25-53-58/h4-20,25,35,37,39H,21-24H2,1-3H3,(H,54,55,59)/t35-,43+/m1/s1. The largest absolute Gasteiger partial charge is 0.488 e. The molecule has 6 aromatic rings. The number of hydrogen-bond donors (Lipinski definition) is 1. The van der Waals surface area contributed by atoms with E-state index in [1.807, 2.05) is 39.0 Å². The second-order valence-corrected chi connectivity index (χ2v) is 15.9. The Morgan fingerprint density at radius 1 is 0.934 bits per heavy atom. The molecule has 1 aliphatic rings. The predicted octanol–water partition coefficient (Wildman–Crippen LogP) is 10.4. The summed E-state index contributed by atoms with van der Waals surface area (Å²) >= 11 is 6.59. The monoisotopic (exact) mass is 864 g/mol. The zero-order valence-corrected chi connectivity index (χ0v) is 33.7. The lowest BCUT2D eigenvalue weighted by atomic mass is 9.76. The Balaban J connectivity index is 1.34. The summed E-state index contributed by atoms with van der Waals surface area (Å²) in [6.07, 6.45) is 0.0823. The van der Waals surface area contributed by atoms with Crippen molar-refractivity contribution in [2.24, 2.45) is 10.4 Å². The number of alkyl carbamates (subject to hydrolysis) is 1.